The second kappa shape index (κ2) is 15.0. The summed E-state index contributed by atoms with van der Waals surface area (Å²) in [5.41, 5.74) is 8.01. The molecule has 0 atom stereocenters. The monoisotopic (exact) mass is 560 g/mol. The maximum absolute atomic E-state index is 12.6. The molecule has 0 saturated heterocycles. The number of halogens is 2. The van der Waals surface area contributed by atoms with Crippen molar-refractivity contribution in [1.29, 1.82) is 0 Å². The lowest BCUT2D eigenvalue weighted by Crippen LogP contribution is -2.37. The summed E-state index contributed by atoms with van der Waals surface area (Å²) in [5.74, 6) is -0.105. The second-order valence-electron chi connectivity index (χ2n) is 8.14. The number of nitrogens with two attached hydrogens (primary N) is 1. The number of aliphatic imine (C=N–C) groups is 1. The Labute approximate surface area is 231 Å². The van der Waals surface area contributed by atoms with Crippen LogP contribution in [0.1, 0.15) is 30.9 Å². The highest BCUT2D eigenvalue weighted by Gasteiger charge is 2.14. The van der Waals surface area contributed by atoms with Gasteiger partial charge in [0.25, 0.3) is 0 Å². The van der Waals surface area contributed by atoms with E-state index in [9.17, 15) is 9.59 Å². The minimum atomic E-state index is -0.413. The molecule has 6 rings (SSSR count). The van der Waals surface area contributed by atoms with Crippen molar-refractivity contribution in [3.05, 3.63) is 69.7 Å². The first-order valence-electron chi connectivity index (χ1n) is 12.0. The predicted octanol–water partition coefficient (Wildman–Crippen LogP) is 3.62. The van der Waals surface area contributed by atoms with Gasteiger partial charge in [0.1, 0.15) is 19.0 Å². The van der Waals surface area contributed by atoms with Crippen molar-refractivity contribution < 1.29 is 19.2 Å². The lowest BCUT2D eigenvalue weighted by molar-refractivity contribution is -0.118. The number of guanidine groups is 1. The molecular weight excluding hydrogens is 531 g/mol. The highest BCUT2D eigenvalue weighted by Crippen LogP contribution is 2.32. The molecular formula is C26H30Cl2N6O4. The summed E-state index contributed by atoms with van der Waals surface area (Å²) < 4.78 is 5.73. The molecule has 5 N–H and O–H groups in total. The molecule has 38 heavy (non-hydrogen) atoms. The van der Waals surface area contributed by atoms with E-state index in [1.54, 1.807) is 43.3 Å². The summed E-state index contributed by atoms with van der Waals surface area (Å²) in [5, 5.41) is 12.9. The standard InChI is InChI=1S/C26H30Cl2N6O4/c1-2-38-34-22-14-23(35)33-26(29)31-15-17-12-20(27)25(21(28)13-17)32-24(36)16-30-10-4-3-5-11-37-19-8-6-18(22)7-9-19/h3,5-9,12-13,30H,2,4,10-11,14-16H2,1H3,(H,32,36)(H3,29,31,33,35)/b5-3-,34-22-. The summed E-state index contributed by atoms with van der Waals surface area (Å²) in [7, 11) is 0. The van der Waals surface area contributed by atoms with Crippen molar-refractivity contribution in [3.8, 4) is 5.75 Å². The summed E-state index contributed by atoms with van der Waals surface area (Å²) in [6, 6.07) is 10.4. The molecule has 2 aromatic rings. The fourth-order valence-electron chi connectivity index (χ4n) is 3.37. The van der Waals surface area contributed by atoms with E-state index in [0.717, 1.165) is 6.42 Å². The highest BCUT2D eigenvalue weighted by molar-refractivity contribution is 6.39. The number of rotatable bonds is 2. The Hall–Kier alpha value is -3.60. The van der Waals surface area contributed by atoms with Gasteiger partial charge in [-0.05, 0) is 61.9 Å². The largest absolute Gasteiger partial charge is 0.490 e. The molecule has 4 heterocycles. The van der Waals surface area contributed by atoms with Crippen LogP contribution in [-0.4, -0.2) is 49.8 Å². The third-order valence-electron chi connectivity index (χ3n) is 5.17. The van der Waals surface area contributed by atoms with E-state index in [2.05, 4.69) is 26.1 Å². The lowest BCUT2D eigenvalue weighted by atomic mass is 10.1. The third kappa shape index (κ3) is 9.37. The van der Waals surface area contributed by atoms with E-state index in [0.29, 0.717) is 48.0 Å². The average Bonchev–Trinajstić information content (AvgIpc) is 2.89. The summed E-state index contributed by atoms with van der Waals surface area (Å²) in [6.45, 7) is 3.35. The predicted molar refractivity (Wildman–Crippen MR) is 150 cm³/mol. The molecule has 2 aromatic carbocycles. The van der Waals surface area contributed by atoms with Gasteiger partial charge in [-0.15, -0.1) is 0 Å². The molecule has 0 radical (unpaired) electrons. The topological polar surface area (TPSA) is 139 Å². The minimum absolute atomic E-state index is 0.0798. The molecule has 202 valence electrons. The number of ether oxygens (including phenoxy) is 1. The minimum Gasteiger partial charge on any atom is -0.490 e. The summed E-state index contributed by atoms with van der Waals surface area (Å²) in [6.07, 6.45) is 4.50. The number of anilines is 1. The first-order valence-corrected chi connectivity index (χ1v) is 12.8. The number of benzene rings is 2. The van der Waals surface area contributed by atoms with Gasteiger partial charge < -0.3 is 25.9 Å². The zero-order chi connectivity index (χ0) is 27.3. The Morgan fingerprint density at radius 1 is 1.08 bits per heavy atom. The van der Waals surface area contributed by atoms with Crippen LogP contribution >= 0.6 is 23.2 Å². The van der Waals surface area contributed by atoms with Crippen LogP contribution in [0.3, 0.4) is 0 Å². The molecule has 2 amide bonds. The smallest absolute Gasteiger partial charge is 0.238 e. The van der Waals surface area contributed by atoms with Gasteiger partial charge in [0.05, 0.1) is 41.0 Å². The molecule has 4 aliphatic heterocycles. The Morgan fingerprint density at radius 3 is 2.53 bits per heavy atom. The van der Waals surface area contributed by atoms with E-state index in [-0.39, 0.29) is 41.4 Å². The van der Waals surface area contributed by atoms with Crippen LogP contribution in [0.25, 0.3) is 0 Å². The zero-order valence-electron chi connectivity index (χ0n) is 20.9. The second-order valence-corrected chi connectivity index (χ2v) is 8.95. The number of carbonyl (C=O) groups is 2. The van der Waals surface area contributed by atoms with Gasteiger partial charge in [-0.25, -0.2) is 4.99 Å². The Bertz CT molecular complexity index is 1190. The van der Waals surface area contributed by atoms with Gasteiger partial charge in [-0.3, -0.25) is 14.9 Å². The van der Waals surface area contributed by atoms with Crippen molar-refractivity contribution in [2.24, 2.45) is 15.9 Å². The normalized spacial score (nSPS) is 18.0. The van der Waals surface area contributed by atoms with Crippen molar-refractivity contribution in [2.45, 2.75) is 26.3 Å². The first kappa shape index (κ1) is 29.0. The lowest BCUT2D eigenvalue weighted by Gasteiger charge is -2.12. The van der Waals surface area contributed by atoms with Gasteiger partial charge in [-0.2, -0.15) is 0 Å². The number of hydrogen-bond acceptors (Lipinski definition) is 8. The van der Waals surface area contributed by atoms with Crippen LogP contribution in [0.15, 0.2) is 58.7 Å². The fourth-order valence-corrected chi connectivity index (χ4v) is 3.99. The van der Waals surface area contributed by atoms with Crippen LogP contribution in [-0.2, 0) is 21.0 Å². The van der Waals surface area contributed by atoms with E-state index in [1.807, 2.05) is 12.2 Å². The molecule has 4 bridgehead atoms. The van der Waals surface area contributed by atoms with Crippen LogP contribution in [0.4, 0.5) is 5.69 Å². The molecule has 0 aliphatic carbocycles. The molecule has 0 unspecified atom stereocenters. The Kier molecular flexibility index (Phi) is 11.4. The molecule has 0 fully saturated rings. The van der Waals surface area contributed by atoms with Crippen molar-refractivity contribution in [3.63, 3.8) is 0 Å². The van der Waals surface area contributed by atoms with Crippen LogP contribution < -0.4 is 26.4 Å². The maximum atomic E-state index is 12.6. The number of nitrogens with one attached hydrogen (secondary N) is 3. The number of hydrogen-bond donors (Lipinski definition) is 4. The van der Waals surface area contributed by atoms with Crippen molar-refractivity contribution >= 4 is 52.4 Å². The van der Waals surface area contributed by atoms with E-state index in [1.165, 1.54) is 0 Å². The molecule has 4 aliphatic rings. The molecule has 0 spiro atoms. The number of carbonyl (C=O) groups excluding carboxylic acids is 2. The summed E-state index contributed by atoms with van der Waals surface area (Å²) >= 11 is 12.7. The van der Waals surface area contributed by atoms with Crippen molar-refractivity contribution in [1.82, 2.24) is 10.6 Å². The van der Waals surface area contributed by atoms with Gasteiger partial charge in [-0.1, -0.05) is 40.5 Å². The Morgan fingerprint density at radius 2 is 1.82 bits per heavy atom. The fraction of sp³-hybridized carbons (Fsp3) is 0.308. The Balaban J connectivity index is 1.80. The van der Waals surface area contributed by atoms with E-state index in [4.69, 9.17) is 38.5 Å². The van der Waals surface area contributed by atoms with Crippen LogP contribution in [0, 0.1) is 0 Å². The number of oxime groups is 1. The molecule has 0 aromatic heterocycles. The SMILES string of the molecule is CCO/N=C1/CC(=O)NC(N)=NCc2cc(Cl)c(c(Cl)c2)NC(=O)CNCC/C=C\COc2ccc1cc2. The maximum Gasteiger partial charge on any atom is 0.238 e. The van der Waals surface area contributed by atoms with Crippen molar-refractivity contribution in [2.75, 3.05) is 31.6 Å². The molecule has 0 saturated carbocycles. The first-order chi connectivity index (χ1) is 18.4. The molecule has 12 heteroatoms. The number of amides is 2. The third-order valence-corrected chi connectivity index (χ3v) is 5.77. The van der Waals surface area contributed by atoms with E-state index >= 15 is 0 Å². The van der Waals surface area contributed by atoms with Gasteiger partial charge in [0.2, 0.25) is 11.8 Å². The quantitative estimate of drug-likeness (QED) is 0.326. The van der Waals surface area contributed by atoms with Gasteiger partial charge >= 0.3 is 0 Å². The van der Waals surface area contributed by atoms with Crippen LogP contribution in [0.5, 0.6) is 5.75 Å². The zero-order valence-corrected chi connectivity index (χ0v) is 22.4. The van der Waals surface area contributed by atoms with Crippen LogP contribution in [0.2, 0.25) is 10.0 Å². The average molecular weight is 561 g/mol. The van der Waals surface area contributed by atoms with Gasteiger partial charge in [0, 0.05) is 5.56 Å². The summed E-state index contributed by atoms with van der Waals surface area (Å²) in [4.78, 5) is 34.3. The number of nitrogens with zero attached hydrogens (tertiary/aromatic N) is 2. The highest BCUT2D eigenvalue weighted by atomic mass is 35.5. The molecule has 10 nitrogen and oxygen atoms in total. The van der Waals surface area contributed by atoms with Gasteiger partial charge in [0.15, 0.2) is 5.96 Å². The van der Waals surface area contributed by atoms with E-state index < -0.39 is 5.91 Å².